The van der Waals surface area contributed by atoms with Gasteiger partial charge in [0.25, 0.3) is 0 Å². The van der Waals surface area contributed by atoms with Gasteiger partial charge in [0.15, 0.2) is 0 Å². The molecule has 0 unspecified atom stereocenters. The number of halogens is 1. The number of rotatable bonds is 6. The molecule has 1 aromatic rings. The van der Waals surface area contributed by atoms with Crippen molar-refractivity contribution in [3.63, 3.8) is 0 Å². The molecule has 0 atom stereocenters. The van der Waals surface area contributed by atoms with Gasteiger partial charge in [-0.1, -0.05) is 15.9 Å². The molecular weight excluding hydrogens is 294 g/mol. The van der Waals surface area contributed by atoms with E-state index in [0.717, 1.165) is 4.47 Å². The first-order valence-electron chi connectivity index (χ1n) is 4.80. The lowest BCUT2D eigenvalue weighted by molar-refractivity contribution is 0.196. The molecule has 0 aliphatic heterocycles. The second kappa shape index (κ2) is 6.34. The summed E-state index contributed by atoms with van der Waals surface area (Å²) in [6.45, 7) is 0.926. The Labute approximate surface area is 104 Å². The quantitative estimate of drug-likeness (QED) is 0.815. The van der Waals surface area contributed by atoms with Gasteiger partial charge in [0, 0.05) is 24.7 Å². The monoisotopic (exact) mass is 307 g/mol. The first-order chi connectivity index (χ1) is 7.56. The molecule has 1 rings (SSSR count). The van der Waals surface area contributed by atoms with Crippen molar-refractivity contribution in [2.45, 2.75) is 11.3 Å². The normalized spacial score (nSPS) is 11.6. The van der Waals surface area contributed by atoms with Crippen molar-refractivity contribution in [2.75, 3.05) is 20.3 Å². The van der Waals surface area contributed by atoms with E-state index in [2.05, 4.69) is 20.7 Å². The lowest BCUT2D eigenvalue weighted by Crippen LogP contribution is -2.25. The summed E-state index contributed by atoms with van der Waals surface area (Å²) in [7, 11) is -1.80. The third-order valence-electron chi connectivity index (χ3n) is 1.94. The lowest BCUT2D eigenvalue weighted by Gasteiger charge is -2.06. The zero-order valence-electron chi connectivity index (χ0n) is 8.94. The molecular formula is C10H14BrNO3S. The number of benzene rings is 1. The van der Waals surface area contributed by atoms with Gasteiger partial charge in [-0.25, -0.2) is 13.1 Å². The highest BCUT2D eigenvalue weighted by Gasteiger charge is 2.12. The molecule has 0 radical (unpaired) electrons. The van der Waals surface area contributed by atoms with Crippen molar-refractivity contribution in [1.82, 2.24) is 4.72 Å². The summed E-state index contributed by atoms with van der Waals surface area (Å²) in [5.41, 5.74) is 0. The third kappa shape index (κ3) is 4.21. The van der Waals surface area contributed by atoms with Crippen LogP contribution in [0.4, 0.5) is 0 Å². The van der Waals surface area contributed by atoms with Crippen LogP contribution in [0.5, 0.6) is 0 Å². The van der Waals surface area contributed by atoms with Gasteiger partial charge in [-0.2, -0.15) is 0 Å². The van der Waals surface area contributed by atoms with Crippen LogP contribution in [-0.2, 0) is 14.8 Å². The topological polar surface area (TPSA) is 55.4 Å². The van der Waals surface area contributed by atoms with Crippen molar-refractivity contribution in [1.29, 1.82) is 0 Å². The fourth-order valence-corrected chi connectivity index (χ4v) is 2.46. The van der Waals surface area contributed by atoms with Crippen LogP contribution in [0.25, 0.3) is 0 Å². The van der Waals surface area contributed by atoms with Gasteiger partial charge < -0.3 is 4.74 Å². The highest BCUT2D eigenvalue weighted by molar-refractivity contribution is 9.10. The van der Waals surface area contributed by atoms with Gasteiger partial charge in [0.2, 0.25) is 10.0 Å². The number of ether oxygens (including phenoxy) is 1. The van der Waals surface area contributed by atoms with Crippen LogP contribution in [0.3, 0.4) is 0 Å². The van der Waals surface area contributed by atoms with Crippen LogP contribution in [-0.4, -0.2) is 28.7 Å². The van der Waals surface area contributed by atoms with Gasteiger partial charge in [0.1, 0.15) is 0 Å². The fraction of sp³-hybridized carbons (Fsp3) is 0.400. The highest BCUT2D eigenvalue weighted by Crippen LogP contribution is 2.14. The molecule has 0 fully saturated rings. The molecule has 0 aliphatic rings. The van der Waals surface area contributed by atoms with Crippen molar-refractivity contribution in [3.8, 4) is 0 Å². The van der Waals surface area contributed by atoms with E-state index >= 15 is 0 Å². The van der Waals surface area contributed by atoms with Crippen molar-refractivity contribution >= 4 is 26.0 Å². The maximum atomic E-state index is 11.7. The van der Waals surface area contributed by atoms with Crippen LogP contribution in [0, 0.1) is 0 Å². The lowest BCUT2D eigenvalue weighted by atomic mass is 10.4. The summed E-state index contributed by atoms with van der Waals surface area (Å²) in [5, 5.41) is 0. The Morgan fingerprint density at radius 1 is 1.31 bits per heavy atom. The molecule has 0 amide bonds. The number of methoxy groups -OCH3 is 1. The summed E-state index contributed by atoms with van der Waals surface area (Å²) in [4.78, 5) is 0.271. The third-order valence-corrected chi connectivity index (χ3v) is 3.95. The predicted molar refractivity (Wildman–Crippen MR) is 65.8 cm³/mol. The summed E-state index contributed by atoms with van der Waals surface area (Å²) < 4.78 is 31.7. The Hall–Kier alpha value is -0.430. The van der Waals surface area contributed by atoms with Gasteiger partial charge in [-0.15, -0.1) is 0 Å². The molecule has 0 bridgehead atoms. The summed E-state index contributed by atoms with van der Waals surface area (Å²) in [6.07, 6.45) is 0.659. The maximum absolute atomic E-state index is 11.7. The zero-order valence-corrected chi connectivity index (χ0v) is 11.3. The molecule has 0 heterocycles. The molecule has 6 heteroatoms. The van der Waals surface area contributed by atoms with Gasteiger partial charge in [0.05, 0.1) is 4.90 Å². The van der Waals surface area contributed by atoms with E-state index in [9.17, 15) is 8.42 Å². The van der Waals surface area contributed by atoms with Crippen molar-refractivity contribution in [2.24, 2.45) is 0 Å². The smallest absolute Gasteiger partial charge is 0.240 e. The van der Waals surface area contributed by atoms with E-state index in [0.29, 0.717) is 19.6 Å². The van der Waals surface area contributed by atoms with Gasteiger partial charge >= 0.3 is 0 Å². The molecule has 0 saturated heterocycles. The Bertz CT molecular complexity index is 416. The highest BCUT2D eigenvalue weighted by atomic mass is 79.9. The van der Waals surface area contributed by atoms with Crippen molar-refractivity contribution < 1.29 is 13.2 Å². The first-order valence-corrected chi connectivity index (χ1v) is 7.08. The largest absolute Gasteiger partial charge is 0.385 e. The molecule has 16 heavy (non-hydrogen) atoms. The number of nitrogens with one attached hydrogen (secondary N) is 1. The number of hydrogen-bond donors (Lipinski definition) is 1. The zero-order chi connectivity index (χ0) is 12.0. The molecule has 0 saturated carbocycles. The molecule has 1 aromatic carbocycles. The van der Waals surface area contributed by atoms with Crippen LogP contribution in [0.2, 0.25) is 0 Å². The average Bonchev–Trinajstić information content (AvgIpc) is 2.25. The SMILES string of the molecule is COCCCNS(=O)(=O)c1ccc(Br)cc1. The second-order valence-corrected chi connectivity index (χ2v) is 5.88. The Morgan fingerprint density at radius 3 is 2.50 bits per heavy atom. The first kappa shape index (κ1) is 13.6. The Kier molecular flexibility index (Phi) is 5.40. The van der Waals surface area contributed by atoms with Crippen LogP contribution < -0.4 is 4.72 Å². The number of hydrogen-bond acceptors (Lipinski definition) is 3. The summed E-state index contributed by atoms with van der Waals surface area (Å²) in [6, 6.07) is 6.51. The minimum atomic E-state index is -3.38. The average molecular weight is 308 g/mol. The second-order valence-electron chi connectivity index (χ2n) is 3.20. The standard InChI is InChI=1S/C10H14BrNO3S/c1-15-8-2-7-12-16(13,14)10-5-3-9(11)4-6-10/h3-6,12H,2,7-8H2,1H3. The molecule has 0 aliphatic carbocycles. The predicted octanol–water partition coefficient (Wildman–Crippen LogP) is 1.76. The van der Waals surface area contributed by atoms with Gasteiger partial charge in [-0.3, -0.25) is 0 Å². The maximum Gasteiger partial charge on any atom is 0.240 e. The van der Waals surface area contributed by atoms with E-state index in [-0.39, 0.29) is 4.90 Å². The minimum absolute atomic E-state index is 0.271. The van der Waals surface area contributed by atoms with E-state index in [1.807, 2.05) is 0 Å². The fourth-order valence-electron chi connectivity index (χ4n) is 1.12. The minimum Gasteiger partial charge on any atom is -0.385 e. The van der Waals surface area contributed by atoms with Crippen molar-refractivity contribution in [3.05, 3.63) is 28.7 Å². The van der Waals surface area contributed by atoms with E-state index in [1.165, 1.54) is 0 Å². The van der Waals surface area contributed by atoms with E-state index in [1.54, 1.807) is 31.4 Å². The molecule has 0 spiro atoms. The summed E-state index contributed by atoms with van der Waals surface area (Å²) >= 11 is 3.25. The van der Waals surface area contributed by atoms with Crippen LogP contribution >= 0.6 is 15.9 Å². The molecule has 90 valence electrons. The Balaban J connectivity index is 2.60. The van der Waals surface area contributed by atoms with E-state index < -0.39 is 10.0 Å². The van der Waals surface area contributed by atoms with Gasteiger partial charge in [-0.05, 0) is 30.7 Å². The molecule has 0 aromatic heterocycles. The summed E-state index contributed by atoms with van der Waals surface area (Å²) in [5.74, 6) is 0. The molecule has 1 N–H and O–H groups in total. The van der Waals surface area contributed by atoms with Crippen LogP contribution in [0.15, 0.2) is 33.6 Å². The Morgan fingerprint density at radius 2 is 1.94 bits per heavy atom. The number of sulfonamides is 1. The van der Waals surface area contributed by atoms with E-state index in [4.69, 9.17) is 4.74 Å². The molecule has 4 nitrogen and oxygen atoms in total. The van der Waals surface area contributed by atoms with Crippen LogP contribution in [0.1, 0.15) is 6.42 Å².